The summed E-state index contributed by atoms with van der Waals surface area (Å²) in [6.07, 6.45) is 7.57. The molecule has 2 amide bonds. The molecule has 4 rings (SSSR count). The summed E-state index contributed by atoms with van der Waals surface area (Å²) < 4.78 is 5.61. The van der Waals surface area contributed by atoms with Crippen molar-refractivity contribution in [3.05, 3.63) is 47.6 Å². The van der Waals surface area contributed by atoms with E-state index in [-0.39, 0.29) is 18.4 Å². The number of amides is 2. The van der Waals surface area contributed by atoms with Crippen molar-refractivity contribution in [1.82, 2.24) is 20.8 Å². The van der Waals surface area contributed by atoms with Crippen molar-refractivity contribution in [2.75, 3.05) is 0 Å². The van der Waals surface area contributed by atoms with Crippen LogP contribution in [0.4, 0.5) is 4.79 Å². The van der Waals surface area contributed by atoms with Crippen LogP contribution in [0.2, 0.25) is 0 Å². The molecule has 0 bridgehead atoms. The molecule has 0 aliphatic heterocycles. The van der Waals surface area contributed by atoms with Crippen LogP contribution in [0.25, 0.3) is 0 Å². The Morgan fingerprint density at radius 2 is 1.71 bits per heavy atom. The Kier molecular flexibility index (Phi) is 6.25. The van der Waals surface area contributed by atoms with Crippen LogP contribution in [0.1, 0.15) is 68.6 Å². The average Bonchev–Trinajstić information content (AvgIpc) is 3.42. The van der Waals surface area contributed by atoms with Gasteiger partial charge in [0.05, 0.1) is 5.54 Å². The summed E-state index contributed by atoms with van der Waals surface area (Å²) in [6.45, 7) is 0.476. The van der Waals surface area contributed by atoms with Crippen LogP contribution in [0.15, 0.2) is 34.9 Å². The fourth-order valence-electron chi connectivity index (χ4n) is 4.26. The highest BCUT2D eigenvalue weighted by molar-refractivity contribution is 5.85. The van der Waals surface area contributed by atoms with Crippen LogP contribution in [0, 0.1) is 0 Å². The molecule has 0 radical (unpaired) electrons. The van der Waals surface area contributed by atoms with Gasteiger partial charge in [0.15, 0.2) is 5.82 Å². The lowest BCUT2D eigenvalue weighted by atomic mass is 9.96. The molecule has 2 aliphatic carbocycles. The van der Waals surface area contributed by atoms with Crippen molar-refractivity contribution in [2.45, 2.75) is 69.0 Å². The molecule has 0 saturated heterocycles. The minimum absolute atomic E-state index is 0. The second-order valence-corrected chi connectivity index (χ2v) is 7.87. The van der Waals surface area contributed by atoms with Crippen LogP contribution in [0.5, 0.6) is 0 Å². The predicted octanol–water partition coefficient (Wildman–Crippen LogP) is 3.49. The van der Waals surface area contributed by atoms with Crippen LogP contribution >= 0.6 is 12.4 Å². The summed E-state index contributed by atoms with van der Waals surface area (Å²) in [5, 5.41) is 10.2. The van der Waals surface area contributed by atoms with E-state index < -0.39 is 11.1 Å². The first-order valence-corrected chi connectivity index (χ1v) is 9.83. The summed E-state index contributed by atoms with van der Waals surface area (Å²) in [5.41, 5.74) is 6.43. The first-order chi connectivity index (χ1) is 13.1. The lowest BCUT2D eigenvalue weighted by Gasteiger charge is -2.26. The number of nitrogens with two attached hydrogens (primary N) is 1. The monoisotopic (exact) mass is 405 g/mol. The number of urea groups is 1. The summed E-state index contributed by atoms with van der Waals surface area (Å²) in [5.74, 6) is 1.06. The Morgan fingerprint density at radius 3 is 2.39 bits per heavy atom. The largest absolute Gasteiger partial charge is 0.337 e. The number of nitrogens with one attached hydrogen (secondary N) is 2. The van der Waals surface area contributed by atoms with E-state index in [9.17, 15) is 4.79 Å². The maximum atomic E-state index is 12.5. The number of rotatable bonds is 5. The van der Waals surface area contributed by atoms with Crippen molar-refractivity contribution in [1.29, 1.82) is 0 Å². The molecule has 2 aromatic rings. The molecule has 8 heteroatoms. The number of carbonyl (C=O) groups excluding carboxylic acids is 1. The Bertz CT molecular complexity index is 783. The van der Waals surface area contributed by atoms with Crippen molar-refractivity contribution >= 4 is 18.4 Å². The number of hydrogen-bond acceptors (Lipinski definition) is 5. The van der Waals surface area contributed by atoms with Gasteiger partial charge in [0.25, 0.3) is 5.89 Å². The second-order valence-electron chi connectivity index (χ2n) is 7.87. The standard InChI is InChI=1S/C20H27N5O2.ClH/c21-19(10-4-5-11-19)16-23-17(27-25-16)20(12-6-7-13-20)24-18(26)22-14-15-8-2-1-3-9-15;/h1-3,8-9H,4-7,10-14,21H2,(H2,22,24,26);1H. The van der Waals surface area contributed by atoms with Crippen molar-refractivity contribution < 1.29 is 9.32 Å². The highest BCUT2D eigenvalue weighted by Crippen LogP contribution is 2.40. The van der Waals surface area contributed by atoms with Gasteiger partial charge < -0.3 is 20.9 Å². The molecular weight excluding hydrogens is 378 g/mol. The zero-order chi connectivity index (χ0) is 18.7. The van der Waals surface area contributed by atoms with E-state index in [2.05, 4.69) is 20.8 Å². The number of nitrogens with zero attached hydrogens (tertiary/aromatic N) is 2. The van der Waals surface area contributed by atoms with Gasteiger partial charge in [-0.05, 0) is 31.2 Å². The van der Waals surface area contributed by atoms with E-state index in [0.29, 0.717) is 18.3 Å². The Labute approximate surface area is 171 Å². The maximum absolute atomic E-state index is 12.5. The van der Waals surface area contributed by atoms with Gasteiger partial charge in [-0.1, -0.05) is 61.2 Å². The normalized spacial score (nSPS) is 19.8. The zero-order valence-corrected chi connectivity index (χ0v) is 16.8. The third-order valence-corrected chi connectivity index (χ3v) is 5.88. The summed E-state index contributed by atoms with van der Waals surface area (Å²) in [4.78, 5) is 17.2. The van der Waals surface area contributed by atoms with Gasteiger partial charge in [0.1, 0.15) is 5.54 Å². The van der Waals surface area contributed by atoms with Gasteiger partial charge in [-0.2, -0.15) is 4.98 Å². The first kappa shape index (κ1) is 20.6. The number of aromatic nitrogens is 2. The summed E-state index contributed by atoms with van der Waals surface area (Å²) in [7, 11) is 0. The van der Waals surface area contributed by atoms with Crippen molar-refractivity contribution in [3.63, 3.8) is 0 Å². The van der Waals surface area contributed by atoms with E-state index in [1.54, 1.807) is 0 Å². The van der Waals surface area contributed by atoms with Gasteiger partial charge >= 0.3 is 6.03 Å². The fourth-order valence-corrected chi connectivity index (χ4v) is 4.26. The minimum atomic E-state index is -0.596. The second kappa shape index (κ2) is 8.49. The third-order valence-electron chi connectivity index (χ3n) is 5.88. The van der Waals surface area contributed by atoms with Gasteiger partial charge in [0.2, 0.25) is 0 Å². The topological polar surface area (TPSA) is 106 Å². The number of benzene rings is 1. The van der Waals surface area contributed by atoms with Gasteiger partial charge in [-0.25, -0.2) is 4.79 Å². The molecule has 1 aromatic heterocycles. The first-order valence-electron chi connectivity index (χ1n) is 9.83. The number of carbonyl (C=O) groups is 1. The van der Waals surface area contributed by atoms with E-state index in [4.69, 9.17) is 10.3 Å². The average molecular weight is 406 g/mol. The maximum Gasteiger partial charge on any atom is 0.315 e. The molecule has 0 atom stereocenters. The zero-order valence-electron chi connectivity index (χ0n) is 15.9. The van der Waals surface area contributed by atoms with Crippen molar-refractivity contribution in [2.24, 2.45) is 5.73 Å². The molecule has 2 aliphatic rings. The highest BCUT2D eigenvalue weighted by atomic mass is 35.5. The molecule has 28 heavy (non-hydrogen) atoms. The lowest BCUT2D eigenvalue weighted by molar-refractivity contribution is 0.204. The van der Waals surface area contributed by atoms with E-state index in [0.717, 1.165) is 56.9 Å². The van der Waals surface area contributed by atoms with Crippen LogP contribution in [0.3, 0.4) is 0 Å². The predicted molar refractivity (Wildman–Crippen MR) is 108 cm³/mol. The Balaban J connectivity index is 0.00000225. The quantitative estimate of drug-likeness (QED) is 0.705. The molecule has 1 heterocycles. The fraction of sp³-hybridized carbons (Fsp3) is 0.550. The summed E-state index contributed by atoms with van der Waals surface area (Å²) in [6, 6.07) is 9.62. The SMILES string of the molecule is Cl.NC1(c2noc(C3(NC(=O)NCc4ccccc4)CCCC3)n2)CCCC1. The van der Waals surface area contributed by atoms with Gasteiger partial charge in [0, 0.05) is 6.54 Å². The third kappa shape index (κ3) is 4.15. The van der Waals surface area contributed by atoms with Crippen molar-refractivity contribution in [3.8, 4) is 0 Å². The molecular formula is C20H28ClN5O2. The Hall–Kier alpha value is -2.12. The van der Waals surface area contributed by atoms with Gasteiger partial charge in [-0.15, -0.1) is 12.4 Å². The molecule has 7 nitrogen and oxygen atoms in total. The lowest BCUT2D eigenvalue weighted by Crippen LogP contribution is -2.48. The molecule has 2 saturated carbocycles. The molecule has 4 N–H and O–H groups in total. The molecule has 152 valence electrons. The van der Waals surface area contributed by atoms with Crippen LogP contribution in [-0.4, -0.2) is 16.2 Å². The molecule has 0 spiro atoms. The molecule has 2 fully saturated rings. The smallest absolute Gasteiger partial charge is 0.315 e. The highest BCUT2D eigenvalue weighted by Gasteiger charge is 2.44. The number of halogens is 1. The summed E-state index contributed by atoms with van der Waals surface area (Å²) >= 11 is 0. The number of hydrogen-bond donors (Lipinski definition) is 3. The van der Waals surface area contributed by atoms with E-state index in [1.807, 2.05) is 30.3 Å². The molecule has 1 aromatic carbocycles. The Morgan fingerprint density at radius 1 is 1.07 bits per heavy atom. The van der Waals surface area contributed by atoms with Gasteiger partial charge in [-0.3, -0.25) is 0 Å². The van der Waals surface area contributed by atoms with Crippen LogP contribution in [-0.2, 0) is 17.6 Å². The van der Waals surface area contributed by atoms with E-state index >= 15 is 0 Å². The molecule has 0 unspecified atom stereocenters. The van der Waals surface area contributed by atoms with E-state index in [1.165, 1.54) is 0 Å². The van der Waals surface area contributed by atoms with Crippen LogP contribution < -0.4 is 16.4 Å². The minimum Gasteiger partial charge on any atom is -0.337 e.